The van der Waals surface area contributed by atoms with E-state index in [4.69, 9.17) is 16.3 Å². The summed E-state index contributed by atoms with van der Waals surface area (Å²) in [6.45, 7) is 6.02. The van der Waals surface area contributed by atoms with Gasteiger partial charge in [-0.1, -0.05) is 41.9 Å². The fourth-order valence-electron chi connectivity index (χ4n) is 3.38. The van der Waals surface area contributed by atoms with Crippen LogP contribution in [0.4, 0.5) is 10.1 Å². The standard InChI is InChI=1S/C27H24ClFN2O2/c1-4-33-26-14-19(13-23(28)22(26)15-20-7-5-6-8-24(20)29)12-21(16-30)27(32)31-25-11-17(2)9-10-18(25)3/h5-14H,4,15H2,1-3H3,(H,31,32)/b21-12+. The van der Waals surface area contributed by atoms with Crippen LogP contribution in [0.25, 0.3) is 6.08 Å². The Morgan fingerprint density at radius 1 is 1.18 bits per heavy atom. The van der Waals surface area contributed by atoms with E-state index in [1.165, 1.54) is 12.1 Å². The monoisotopic (exact) mass is 462 g/mol. The van der Waals surface area contributed by atoms with E-state index in [-0.39, 0.29) is 17.8 Å². The fourth-order valence-corrected chi connectivity index (χ4v) is 3.66. The first-order valence-corrected chi connectivity index (χ1v) is 10.9. The molecule has 1 amide bonds. The van der Waals surface area contributed by atoms with Crippen LogP contribution in [0.15, 0.2) is 60.2 Å². The predicted molar refractivity (Wildman–Crippen MR) is 130 cm³/mol. The molecule has 0 fully saturated rings. The van der Waals surface area contributed by atoms with Crippen LogP contribution in [0.1, 0.15) is 34.7 Å². The molecule has 0 aliphatic carbocycles. The van der Waals surface area contributed by atoms with Crippen molar-refractivity contribution in [1.82, 2.24) is 0 Å². The van der Waals surface area contributed by atoms with Crippen molar-refractivity contribution < 1.29 is 13.9 Å². The zero-order valence-corrected chi connectivity index (χ0v) is 19.5. The van der Waals surface area contributed by atoms with Crippen molar-refractivity contribution in [1.29, 1.82) is 5.26 Å². The lowest BCUT2D eigenvalue weighted by molar-refractivity contribution is -0.112. The van der Waals surface area contributed by atoms with Gasteiger partial charge in [-0.25, -0.2) is 4.39 Å². The number of carbonyl (C=O) groups excluding carboxylic acids is 1. The van der Waals surface area contributed by atoms with E-state index in [9.17, 15) is 14.4 Å². The van der Waals surface area contributed by atoms with Crippen molar-refractivity contribution in [3.8, 4) is 11.8 Å². The summed E-state index contributed by atoms with van der Waals surface area (Å²) in [7, 11) is 0. The maximum Gasteiger partial charge on any atom is 0.266 e. The average molecular weight is 463 g/mol. The molecular formula is C27H24ClFN2O2. The Morgan fingerprint density at radius 3 is 2.64 bits per heavy atom. The Kier molecular flexibility index (Phi) is 7.87. The lowest BCUT2D eigenvalue weighted by Crippen LogP contribution is -2.14. The largest absolute Gasteiger partial charge is 0.494 e. The minimum atomic E-state index is -0.518. The minimum Gasteiger partial charge on any atom is -0.494 e. The van der Waals surface area contributed by atoms with Crippen LogP contribution in [-0.2, 0) is 11.2 Å². The van der Waals surface area contributed by atoms with E-state index in [0.717, 1.165) is 11.1 Å². The first-order chi connectivity index (χ1) is 15.8. The molecule has 4 nitrogen and oxygen atoms in total. The molecular weight excluding hydrogens is 439 g/mol. The van der Waals surface area contributed by atoms with Crippen LogP contribution in [0.5, 0.6) is 5.75 Å². The molecule has 168 valence electrons. The summed E-state index contributed by atoms with van der Waals surface area (Å²) in [4.78, 5) is 12.7. The van der Waals surface area contributed by atoms with Gasteiger partial charge in [-0.05, 0) is 73.4 Å². The van der Waals surface area contributed by atoms with Gasteiger partial charge in [0.1, 0.15) is 23.2 Å². The quantitative estimate of drug-likeness (QED) is 0.316. The van der Waals surface area contributed by atoms with Gasteiger partial charge in [0.25, 0.3) is 5.91 Å². The Labute approximate surface area is 198 Å². The van der Waals surface area contributed by atoms with Crippen molar-refractivity contribution in [3.63, 3.8) is 0 Å². The number of hydrogen-bond acceptors (Lipinski definition) is 3. The zero-order valence-electron chi connectivity index (χ0n) is 18.7. The summed E-state index contributed by atoms with van der Waals surface area (Å²) in [6.07, 6.45) is 1.71. The third kappa shape index (κ3) is 6.00. The van der Waals surface area contributed by atoms with Gasteiger partial charge in [0.2, 0.25) is 0 Å². The van der Waals surface area contributed by atoms with Gasteiger partial charge in [-0.3, -0.25) is 4.79 Å². The predicted octanol–water partition coefficient (Wildman–Crippen LogP) is 6.63. The van der Waals surface area contributed by atoms with Gasteiger partial charge in [0, 0.05) is 22.7 Å². The second kappa shape index (κ2) is 10.8. The van der Waals surface area contributed by atoms with Crippen LogP contribution in [0.2, 0.25) is 5.02 Å². The molecule has 0 aliphatic rings. The zero-order chi connectivity index (χ0) is 24.0. The number of carbonyl (C=O) groups is 1. The van der Waals surface area contributed by atoms with Gasteiger partial charge in [-0.2, -0.15) is 5.26 Å². The number of ether oxygens (including phenoxy) is 1. The van der Waals surface area contributed by atoms with Gasteiger partial charge in [-0.15, -0.1) is 0 Å². The molecule has 0 heterocycles. The van der Waals surface area contributed by atoms with E-state index in [0.29, 0.717) is 39.8 Å². The maximum absolute atomic E-state index is 14.2. The molecule has 0 radical (unpaired) electrons. The number of aryl methyl sites for hydroxylation is 2. The molecule has 0 saturated heterocycles. The molecule has 0 spiro atoms. The van der Waals surface area contributed by atoms with Crippen LogP contribution in [0.3, 0.4) is 0 Å². The molecule has 6 heteroatoms. The average Bonchev–Trinajstić information content (AvgIpc) is 2.78. The minimum absolute atomic E-state index is 0.0729. The molecule has 0 bridgehead atoms. The Balaban J connectivity index is 1.94. The van der Waals surface area contributed by atoms with Gasteiger partial charge < -0.3 is 10.1 Å². The molecule has 0 atom stereocenters. The summed E-state index contributed by atoms with van der Waals surface area (Å²) < 4.78 is 19.9. The molecule has 1 N–H and O–H groups in total. The van der Waals surface area contributed by atoms with Crippen LogP contribution >= 0.6 is 11.6 Å². The molecule has 0 aromatic heterocycles. The summed E-state index contributed by atoms with van der Waals surface area (Å²) in [5, 5.41) is 12.8. The van der Waals surface area contributed by atoms with Crippen molar-refractivity contribution in [2.45, 2.75) is 27.2 Å². The molecule has 3 aromatic carbocycles. The fraction of sp³-hybridized carbons (Fsp3) is 0.185. The topological polar surface area (TPSA) is 62.1 Å². The summed E-state index contributed by atoms with van der Waals surface area (Å²) in [5.74, 6) is -0.364. The summed E-state index contributed by atoms with van der Waals surface area (Å²) in [6, 6.07) is 17.5. The number of halogens is 2. The second-order valence-corrected chi connectivity index (χ2v) is 8.03. The molecule has 3 rings (SSSR count). The molecule has 0 unspecified atom stereocenters. The second-order valence-electron chi connectivity index (χ2n) is 7.62. The number of benzene rings is 3. The van der Waals surface area contributed by atoms with E-state index >= 15 is 0 Å². The van der Waals surface area contributed by atoms with Crippen molar-refractivity contribution in [3.05, 3.63) is 98.8 Å². The third-order valence-electron chi connectivity index (χ3n) is 5.12. The number of nitrogens with zero attached hydrogens (tertiary/aromatic N) is 1. The number of hydrogen-bond donors (Lipinski definition) is 1. The lowest BCUT2D eigenvalue weighted by Gasteiger charge is -2.14. The highest BCUT2D eigenvalue weighted by atomic mass is 35.5. The van der Waals surface area contributed by atoms with Gasteiger partial charge >= 0.3 is 0 Å². The maximum atomic E-state index is 14.2. The van der Waals surface area contributed by atoms with Crippen molar-refractivity contribution in [2.75, 3.05) is 11.9 Å². The first-order valence-electron chi connectivity index (χ1n) is 10.5. The molecule has 0 saturated carbocycles. The van der Waals surface area contributed by atoms with E-state index < -0.39 is 5.91 Å². The van der Waals surface area contributed by atoms with E-state index in [1.807, 2.05) is 45.0 Å². The lowest BCUT2D eigenvalue weighted by atomic mass is 10.0. The van der Waals surface area contributed by atoms with Gasteiger partial charge in [0.05, 0.1) is 6.61 Å². The third-order valence-corrected chi connectivity index (χ3v) is 5.46. The van der Waals surface area contributed by atoms with Crippen molar-refractivity contribution >= 4 is 29.3 Å². The number of rotatable bonds is 7. The number of anilines is 1. The van der Waals surface area contributed by atoms with Crippen LogP contribution in [-0.4, -0.2) is 12.5 Å². The Bertz CT molecular complexity index is 1260. The number of nitrogens with one attached hydrogen (secondary N) is 1. The first kappa shape index (κ1) is 24.0. The van der Waals surface area contributed by atoms with Crippen molar-refractivity contribution in [2.24, 2.45) is 0 Å². The molecule has 33 heavy (non-hydrogen) atoms. The highest BCUT2D eigenvalue weighted by Gasteiger charge is 2.16. The van der Waals surface area contributed by atoms with Gasteiger partial charge in [0.15, 0.2) is 0 Å². The number of nitriles is 1. The smallest absolute Gasteiger partial charge is 0.266 e. The molecule has 0 aliphatic heterocycles. The highest BCUT2D eigenvalue weighted by Crippen LogP contribution is 2.32. The number of amides is 1. The van der Waals surface area contributed by atoms with E-state index in [2.05, 4.69) is 5.32 Å². The SMILES string of the molecule is CCOc1cc(/C=C(\C#N)C(=O)Nc2cc(C)ccc2C)cc(Cl)c1Cc1ccccc1F. The van der Waals surface area contributed by atoms with Crippen LogP contribution in [0, 0.1) is 31.0 Å². The Hall–Kier alpha value is -3.62. The normalized spacial score (nSPS) is 11.1. The summed E-state index contributed by atoms with van der Waals surface area (Å²) >= 11 is 6.53. The Morgan fingerprint density at radius 2 is 1.94 bits per heavy atom. The highest BCUT2D eigenvalue weighted by molar-refractivity contribution is 6.31. The summed E-state index contributed by atoms with van der Waals surface area (Å²) in [5.41, 5.74) is 4.13. The molecule has 3 aromatic rings. The van der Waals surface area contributed by atoms with E-state index in [1.54, 1.807) is 30.3 Å². The van der Waals surface area contributed by atoms with Crippen LogP contribution < -0.4 is 10.1 Å².